The number of amides is 1. The van der Waals surface area contributed by atoms with Crippen molar-refractivity contribution in [1.82, 2.24) is 4.90 Å². The summed E-state index contributed by atoms with van der Waals surface area (Å²) in [6.07, 6.45) is 0.355. The molecule has 1 aliphatic heterocycles. The molecule has 2 aromatic rings. The third kappa shape index (κ3) is 3.79. The van der Waals surface area contributed by atoms with Gasteiger partial charge in [-0.05, 0) is 41.7 Å². The lowest BCUT2D eigenvalue weighted by Gasteiger charge is -2.31. The maximum Gasteiger partial charge on any atom is 0.410 e. The smallest absolute Gasteiger partial charge is 0.410 e. The summed E-state index contributed by atoms with van der Waals surface area (Å²) in [6.45, 7) is 2.92. The van der Waals surface area contributed by atoms with Gasteiger partial charge >= 0.3 is 12.1 Å². The number of nitrogens with one attached hydrogen (secondary N) is 1. The van der Waals surface area contributed by atoms with E-state index in [9.17, 15) is 9.59 Å². The molecule has 0 unspecified atom stereocenters. The highest BCUT2D eigenvalue weighted by Gasteiger charge is 2.26. The normalized spacial score (nSPS) is 13.0. The number of carboxylic acid groups (broad SMARTS) is 1. The molecule has 136 valence electrons. The largest absolute Gasteiger partial charge is 0.480 e. The van der Waals surface area contributed by atoms with Crippen molar-refractivity contribution in [2.75, 3.05) is 25.0 Å². The Labute approximate surface area is 152 Å². The summed E-state index contributed by atoms with van der Waals surface area (Å²) in [5.74, 6) is -0.927. The van der Waals surface area contributed by atoms with Crippen molar-refractivity contribution in [3.05, 3.63) is 53.6 Å². The number of carbonyl (C=O) groups excluding carboxylic acids is 1. The van der Waals surface area contributed by atoms with Crippen LogP contribution in [-0.2, 0) is 22.5 Å². The molecule has 0 aliphatic carbocycles. The molecule has 1 amide bonds. The van der Waals surface area contributed by atoms with Gasteiger partial charge < -0.3 is 20.1 Å². The van der Waals surface area contributed by atoms with Crippen molar-refractivity contribution in [3.63, 3.8) is 0 Å². The molecule has 6 heteroatoms. The number of carboxylic acids is 1. The molecule has 0 aromatic heterocycles. The van der Waals surface area contributed by atoms with Crippen LogP contribution >= 0.6 is 0 Å². The Morgan fingerprint density at radius 3 is 2.62 bits per heavy atom. The molecule has 2 aromatic carbocycles. The number of nitrogens with zero attached hydrogens (tertiary/aromatic N) is 1. The van der Waals surface area contributed by atoms with Gasteiger partial charge in [0.15, 0.2) is 0 Å². The van der Waals surface area contributed by atoms with Crippen LogP contribution in [0.4, 0.5) is 10.5 Å². The van der Waals surface area contributed by atoms with E-state index in [1.165, 1.54) is 0 Å². The van der Waals surface area contributed by atoms with E-state index in [4.69, 9.17) is 9.84 Å². The molecule has 0 atom stereocenters. The van der Waals surface area contributed by atoms with Crippen molar-refractivity contribution >= 4 is 17.7 Å². The standard InChI is InChI=1S/C20H22N2O4/c1-2-26-20(25)22-11-10-16-15(14-6-4-3-5-7-14)8-9-18(17(16)13-22)21-12-19(23)24/h3-9,21H,2,10-13H2,1H3,(H,23,24). The molecule has 3 rings (SSSR count). The van der Waals surface area contributed by atoms with E-state index in [2.05, 4.69) is 17.4 Å². The van der Waals surface area contributed by atoms with E-state index < -0.39 is 5.97 Å². The highest BCUT2D eigenvalue weighted by atomic mass is 16.6. The van der Waals surface area contributed by atoms with Crippen molar-refractivity contribution in [1.29, 1.82) is 0 Å². The lowest BCUT2D eigenvalue weighted by molar-refractivity contribution is -0.134. The van der Waals surface area contributed by atoms with Crippen molar-refractivity contribution < 1.29 is 19.4 Å². The molecule has 0 bridgehead atoms. The number of hydrogen-bond acceptors (Lipinski definition) is 4. The molecule has 2 N–H and O–H groups in total. The average molecular weight is 354 g/mol. The summed E-state index contributed by atoms with van der Waals surface area (Å²) in [5, 5.41) is 11.9. The predicted octanol–water partition coefficient (Wildman–Crippen LogP) is 3.36. The highest BCUT2D eigenvalue weighted by Crippen LogP contribution is 2.35. The topological polar surface area (TPSA) is 78.9 Å². The highest BCUT2D eigenvalue weighted by molar-refractivity contribution is 5.78. The lowest BCUT2D eigenvalue weighted by atomic mass is 9.89. The van der Waals surface area contributed by atoms with Gasteiger partial charge in [0.25, 0.3) is 0 Å². The average Bonchev–Trinajstić information content (AvgIpc) is 2.66. The van der Waals surface area contributed by atoms with Crippen LogP contribution in [0.25, 0.3) is 11.1 Å². The summed E-state index contributed by atoms with van der Waals surface area (Å²) < 4.78 is 5.12. The minimum Gasteiger partial charge on any atom is -0.480 e. The second kappa shape index (κ2) is 7.91. The number of ether oxygens (including phenoxy) is 1. The Kier molecular flexibility index (Phi) is 5.41. The van der Waals surface area contributed by atoms with Crippen LogP contribution in [-0.4, -0.2) is 41.8 Å². The van der Waals surface area contributed by atoms with Crippen LogP contribution in [0.5, 0.6) is 0 Å². The quantitative estimate of drug-likeness (QED) is 0.861. The zero-order chi connectivity index (χ0) is 18.5. The molecule has 1 heterocycles. The first-order valence-electron chi connectivity index (χ1n) is 8.67. The first-order valence-corrected chi connectivity index (χ1v) is 8.67. The number of aliphatic carboxylic acids is 1. The first-order chi connectivity index (χ1) is 12.6. The Bertz CT molecular complexity index is 805. The third-order valence-corrected chi connectivity index (χ3v) is 4.45. The van der Waals surface area contributed by atoms with Gasteiger partial charge in [-0.15, -0.1) is 0 Å². The molecule has 1 aliphatic rings. The number of anilines is 1. The van der Waals surface area contributed by atoms with E-state index in [0.717, 1.165) is 27.9 Å². The minimum atomic E-state index is -0.927. The molecular formula is C20H22N2O4. The second-order valence-electron chi connectivity index (χ2n) is 6.10. The van der Waals surface area contributed by atoms with Crippen molar-refractivity contribution in [3.8, 4) is 11.1 Å². The number of carbonyl (C=O) groups is 2. The first kappa shape index (κ1) is 17.8. The fraction of sp³-hybridized carbons (Fsp3) is 0.300. The Hall–Kier alpha value is -3.02. The monoisotopic (exact) mass is 354 g/mol. The van der Waals surface area contributed by atoms with Crippen LogP contribution < -0.4 is 5.32 Å². The zero-order valence-electron chi connectivity index (χ0n) is 14.7. The van der Waals surface area contributed by atoms with Gasteiger partial charge in [-0.2, -0.15) is 0 Å². The van der Waals surface area contributed by atoms with E-state index in [1.807, 2.05) is 30.3 Å². The van der Waals surface area contributed by atoms with Crippen molar-refractivity contribution in [2.45, 2.75) is 19.9 Å². The minimum absolute atomic E-state index is 0.170. The van der Waals surface area contributed by atoms with Gasteiger partial charge in [0.1, 0.15) is 6.54 Å². The number of benzene rings is 2. The van der Waals surface area contributed by atoms with E-state index in [1.54, 1.807) is 11.8 Å². The van der Waals surface area contributed by atoms with Gasteiger partial charge in [-0.1, -0.05) is 36.4 Å². The van der Waals surface area contributed by atoms with Crippen LogP contribution in [0, 0.1) is 0 Å². The number of rotatable bonds is 5. The zero-order valence-corrected chi connectivity index (χ0v) is 14.7. The van der Waals surface area contributed by atoms with E-state index in [-0.39, 0.29) is 12.6 Å². The third-order valence-electron chi connectivity index (χ3n) is 4.45. The van der Waals surface area contributed by atoms with Gasteiger partial charge in [-0.3, -0.25) is 4.79 Å². The van der Waals surface area contributed by atoms with E-state index in [0.29, 0.717) is 26.1 Å². The van der Waals surface area contributed by atoms with Gasteiger partial charge in [0, 0.05) is 12.2 Å². The van der Waals surface area contributed by atoms with Gasteiger partial charge in [0.05, 0.1) is 13.2 Å². The van der Waals surface area contributed by atoms with Crippen LogP contribution in [0.15, 0.2) is 42.5 Å². The van der Waals surface area contributed by atoms with Crippen LogP contribution in [0.3, 0.4) is 0 Å². The summed E-state index contributed by atoms with van der Waals surface area (Å²) >= 11 is 0. The fourth-order valence-electron chi connectivity index (χ4n) is 3.27. The molecule has 0 fully saturated rings. The number of hydrogen-bond donors (Lipinski definition) is 2. The lowest BCUT2D eigenvalue weighted by Crippen LogP contribution is -2.37. The molecular weight excluding hydrogens is 332 g/mol. The molecule has 6 nitrogen and oxygen atoms in total. The predicted molar refractivity (Wildman–Crippen MR) is 99.1 cm³/mol. The maximum atomic E-state index is 12.1. The number of fused-ring (bicyclic) bond motifs is 1. The van der Waals surface area contributed by atoms with Crippen LogP contribution in [0.2, 0.25) is 0 Å². The molecule has 26 heavy (non-hydrogen) atoms. The van der Waals surface area contributed by atoms with Crippen molar-refractivity contribution in [2.24, 2.45) is 0 Å². The van der Waals surface area contributed by atoms with Gasteiger partial charge in [-0.25, -0.2) is 4.79 Å². The Morgan fingerprint density at radius 2 is 1.92 bits per heavy atom. The molecule has 0 saturated heterocycles. The van der Waals surface area contributed by atoms with E-state index >= 15 is 0 Å². The summed E-state index contributed by atoms with van der Waals surface area (Å²) in [5.41, 5.74) is 5.07. The summed E-state index contributed by atoms with van der Waals surface area (Å²) in [4.78, 5) is 24.7. The molecule has 0 spiro atoms. The molecule has 0 radical (unpaired) electrons. The Morgan fingerprint density at radius 1 is 1.15 bits per heavy atom. The van der Waals surface area contributed by atoms with Crippen LogP contribution in [0.1, 0.15) is 18.1 Å². The fourth-order valence-corrected chi connectivity index (χ4v) is 3.27. The summed E-state index contributed by atoms with van der Waals surface area (Å²) in [6, 6.07) is 14.0. The Balaban J connectivity index is 1.99. The SMILES string of the molecule is CCOC(=O)N1CCc2c(-c3ccccc3)ccc(NCC(=O)O)c2C1. The maximum absolute atomic E-state index is 12.1. The second-order valence-corrected chi connectivity index (χ2v) is 6.10. The molecule has 0 saturated carbocycles. The van der Waals surface area contributed by atoms with Gasteiger partial charge in [0.2, 0.25) is 0 Å². The summed E-state index contributed by atoms with van der Waals surface area (Å²) in [7, 11) is 0.